The van der Waals surface area contributed by atoms with Crippen LogP contribution < -0.4 is 5.73 Å². The summed E-state index contributed by atoms with van der Waals surface area (Å²) < 4.78 is 5.46. The van der Waals surface area contributed by atoms with Gasteiger partial charge in [-0.15, -0.1) is 0 Å². The summed E-state index contributed by atoms with van der Waals surface area (Å²) in [6, 6.07) is 0.732. The predicted octanol–water partition coefficient (Wildman–Crippen LogP) is 1.22. The van der Waals surface area contributed by atoms with Crippen LogP contribution in [0.25, 0.3) is 0 Å². The molecule has 1 heterocycles. The molecule has 0 aromatic carbocycles. The maximum absolute atomic E-state index is 6.06. The normalized spacial score (nSPS) is 28.3. The Morgan fingerprint density at radius 3 is 2.86 bits per heavy atom. The average Bonchev–Trinajstić information content (AvgIpc) is 2.18. The number of ether oxygens (including phenoxy) is 1. The Morgan fingerprint density at radius 2 is 2.21 bits per heavy atom. The molecule has 2 unspecified atom stereocenters. The lowest BCUT2D eigenvalue weighted by molar-refractivity contribution is 0.0149. The molecule has 2 atom stereocenters. The molecule has 2 N–H and O–H groups in total. The van der Waals surface area contributed by atoms with Gasteiger partial charge < -0.3 is 10.5 Å². The lowest BCUT2D eigenvalue weighted by atomic mass is 10.0. The first kappa shape index (κ1) is 12.0. The van der Waals surface area contributed by atoms with E-state index in [0.29, 0.717) is 12.1 Å². The SMILES string of the molecule is CCCCCN(C)C1COCCC1N. The minimum absolute atomic E-state index is 0.301. The Balaban J connectivity index is 2.23. The van der Waals surface area contributed by atoms with Gasteiger partial charge in [-0.1, -0.05) is 19.8 Å². The van der Waals surface area contributed by atoms with Crippen molar-refractivity contribution in [1.29, 1.82) is 0 Å². The molecular weight excluding hydrogens is 176 g/mol. The van der Waals surface area contributed by atoms with Crippen molar-refractivity contribution in [3.63, 3.8) is 0 Å². The van der Waals surface area contributed by atoms with E-state index in [2.05, 4.69) is 18.9 Å². The van der Waals surface area contributed by atoms with Crippen LogP contribution in [-0.2, 0) is 4.74 Å². The number of likely N-dealkylation sites (N-methyl/N-ethyl adjacent to an activating group) is 1. The van der Waals surface area contributed by atoms with E-state index >= 15 is 0 Å². The van der Waals surface area contributed by atoms with E-state index in [4.69, 9.17) is 10.5 Å². The van der Waals surface area contributed by atoms with E-state index in [1.807, 2.05) is 0 Å². The summed E-state index contributed by atoms with van der Waals surface area (Å²) in [4.78, 5) is 2.36. The Hall–Kier alpha value is -0.120. The van der Waals surface area contributed by atoms with Crippen LogP contribution in [0.15, 0.2) is 0 Å². The number of hydrogen-bond donors (Lipinski definition) is 1. The van der Waals surface area contributed by atoms with Crippen LogP contribution in [0.3, 0.4) is 0 Å². The highest BCUT2D eigenvalue weighted by Gasteiger charge is 2.25. The number of nitrogens with zero attached hydrogens (tertiary/aromatic N) is 1. The molecule has 1 saturated heterocycles. The van der Waals surface area contributed by atoms with Crippen molar-refractivity contribution in [1.82, 2.24) is 4.90 Å². The van der Waals surface area contributed by atoms with Crippen LogP contribution in [-0.4, -0.2) is 43.8 Å². The van der Waals surface area contributed by atoms with Gasteiger partial charge in [0.05, 0.1) is 6.61 Å². The van der Waals surface area contributed by atoms with Crippen LogP contribution >= 0.6 is 0 Å². The van der Waals surface area contributed by atoms with Crippen LogP contribution in [0.5, 0.6) is 0 Å². The highest BCUT2D eigenvalue weighted by Crippen LogP contribution is 2.12. The Morgan fingerprint density at radius 1 is 1.43 bits per heavy atom. The zero-order chi connectivity index (χ0) is 10.4. The number of nitrogens with two attached hydrogens (primary N) is 1. The molecule has 0 spiro atoms. The van der Waals surface area contributed by atoms with E-state index in [0.717, 1.165) is 26.2 Å². The average molecular weight is 200 g/mol. The highest BCUT2D eigenvalue weighted by atomic mass is 16.5. The summed E-state index contributed by atoms with van der Waals surface area (Å²) in [7, 11) is 2.16. The Labute approximate surface area is 87.6 Å². The van der Waals surface area contributed by atoms with Gasteiger partial charge in [0.25, 0.3) is 0 Å². The second-order valence-electron chi connectivity index (χ2n) is 4.28. The molecule has 0 aromatic rings. The standard InChI is InChI=1S/C11H24N2O/c1-3-4-5-7-13(2)11-9-14-8-6-10(11)12/h10-11H,3-9,12H2,1-2H3. The van der Waals surface area contributed by atoms with Crippen molar-refractivity contribution in [2.75, 3.05) is 26.8 Å². The van der Waals surface area contributed by atoms with Crippen molar-refractivity contribution >= 4 is 0 Å². The Bertz CT molecular complexity index is 152. The van der Waals surface area contributed by atoms with Gasteiger partial charge >= 0.3 is 0 Å². The smallest absolute Gasteiger partial charge is 0.0636 e. The van der Waals surface area contributed by atoms with E-state index in [-0.39, 0.29) is 0 Å². The van der Waals surface area contributed by atoms with Gasteiger partial charge in [-0.25, -0.2) is 0 Å². The first-order valence-corrected chi connectivity index (χ1v) is 5.79. The summed E-state index contributed by atoms with van der Waals surface area (Å²) in [5.74, 6) is 0. The van der Waals surface area contributed by atoms with E-state index in [1.54, 1.807) is 0 Å². The van der Waals surface area contributed by atoms with Crippen LogP contribution in [0.1, 0.15) is 32.6 Å². The molecule has 84 valence electrons. The quantitative estimate of drug-likeness (QED) is 0.678. The molecule has 1 aliphatic heterocycles. The van der Waals surface area contributed by atoms with E-state index < -0.39 is 0 Å². The fourth-order valence-corrected chi connectivity index (χ4v) is 1.97. The molecule has 1 aliphatic rings. The van der Waals surface area contributed by atoms with E-state index in [1.165, 1.54) is 19.3 Å². The van der Waals surface area contributed by atoms with Crippen LogP contribution in [0.2, 0.25) is 0 Å². The second kappa shape index (κ2) is 6.38. The van der Waals surface area contributed by atoms with Crippen molar-refractivity contribution in [2.24, 2.45) is 5.73 Å². The zero-order valence-corrected chi connectivity index (χ0v) is 9.54. The monoisotopic (exact) mass is 200 g/mol. The van der Waals surface area contributed by atoms with Gasteiger partial charge in [0.2, 0.25) is 0 Å². The number of rotatable bonds is 5. The minimum atomic E-state index is 0.301. The molecule has 0 bridgehead atoms. The van der Waals surface area contributed by atoms with Gasteiger partial charge in [0.15, 0.2) is 0 Å². The molecule has 3 nitrogen and oxygen atoms in total. The number of hydrogen-bond acceptors (Lipinski definition) is 3. The molecule has 0 radical (unpaired) electrons. The molecule has 0 aliphatic carbocycles. The Kier molecular flexibility index (Phi) is 5.45. The van der Waals surface area contributed by atoms with Crippen molar-refractivity contribution < 1.29 is 4.74 Å². The van der Waals surface area contributed by atoms with Gasteiger partial charge in [-0.05, 0) is 26.4 Å². The molecule has 3 heteroatoms. The van der Waals surface area contributed by atoms with Crippen LogP contribution in [0, 0.1) is 0 Å². The van der Waals surface area contributed by atoms with Crippen molar-refractivity contribution in [3.8, 4) is 0 Å². The molecule has 14 heavy (non-hydrogen) atoms. The molecule has 1 fully saturated rings. The van der Waals surface area contributed by atoms with E-state index in [9.17, 15) is 0 Å². The van der Waals surface area contributed by atoms with Crippen LogP contribution in [0.4, 0.5) is 0 Å². The third-order valence-corrected chi connectivity index (χ3v) is 3.06. The second-order valence-corrected chi connectivity index (χ2v) is 4.28. The largest absolute Gasteiger partial charge is 0.380 e. The fraction of sp³-hybridized carbons (Fsp3) is 1.00. The summed E-state index contributed by atoms with van der Waals surface area (Å²) in [5, 5.41) is 0. The number of unbranched alkanes of at least 4 members (excludes halogenated alkanes) is 2. The van der Waals surface area contributed by atoms with Gasteiger partial charge in [0, 0.05) is 18.7 Å². The third kappa shape index (κ3) is 3.56. The highest BCUT2D eigenvalue weighted by molar-refractivity contribution is 4.83. The first-order valence-electron chi connectivity index (χ1n) is 5.79. The maximum atomic E-state index is 6.06. The summed E-state index contributed by atoms with van der Waals surface area (Å²) >= 11 is 0. The molecule has 0 amide bonds. The zero-order valence-electron chi connectivity index (χ0n) is 9.54. The molecule has 0 aromatic heterocycles. The maximum Gasteiger partial charge on any atom is 0.0636 e. The minimum Gasteiger partial charge on any atom is -0.380 e. The summed E-state index contributed by atoms with van der Waals surface area (Å²) in [5.41, 5.74) is 6.06. The van der Waals surface area contributed by atoms with Gasteiger partial charge in [-0.2, -0.15) is 0 Å². The van der Waals surface area contributed by atoms with Crippen molar-refractivity contribution in [2.45, 2.75) is 44.7 Å². The summed E-state index contributed by atoms with van der Waals surface area (Å²) in [6.07, 6.45) is 4.87. The lowest BCUT2D eigenvalue weighted by Gasteiger charge is -2.35. The molecule has 1 rings (SSSR count). The molecular formula is C11H24N2O. The fourth-order valence-electron chi connectivity index (χ4n) is 1.97. The lowest BCUT2D eigenvalue weighted by Crippen LogP contribution is -2.52. The van der Waals surface area contributed by atoms with Crippen molar-refractivity contribution in [3.05, 3.63) is 0 Å². The first-order chi connectivity index (χ1) is 6.75. The third-order valence-electron chi connectivity index (χ3n) is 3.06. The topological polar surface area (TPSA) is 38.5 Å². The predicted molar refractivity (Wildman–Crippen MR) is 59.4 cm³/mol. The van der Waals surface area contributed by atoms with Gasteiger partial charge in [0.1, 0.15) is 0 Å². The summed E-state index contributed by atoms with van der Waals surface area (Å²) in [6.45, 7) is 5.02. The molecule has 0 saturated carbocycles. The van der Waals surface area contributed by atoms with Gasteiger partial charge in [-0.3, -0.25) is 4.90 Å².